The zero-order valence-corrected chi connectivity index (χ0v) is 16.9. The summed E-state index contributed by atoms with van der Waals surface area (Å²) in [6.07, 6.45) is 0. The Morgan fingerprint density at radius 2 is 2.08 bits per heavy atom. The SMILES string of the molecule is COc1ccc2nc(NC(=O)CS(=O)(=O)Cc3cccc(Br)c3)sc2c1. The number of ether oxygens (including phenoxy) is 1. The molecule has 1 aromatic heterocycles. The van der Waals surface area contributed by atoms with E-state index in [1.165, 1.54) is 11.3 Å². The minimum Gasteiger partial charge on any atom is -0.497 e. The van der Waals surface area contributed by atoms with E-state index in [0.717, 1.165) is 9.17 Å². The number of sulfone groups is 1. The standard InChI is InChI=1S/C17H15BrN2O4S2/c1-24-13-5-6-14-15(8-13)25-17(19-14)20-16(21)10-26(22,23)9-11-3-2-4-12(18)7-11/h2-8H,9-10H2,1H3,(H,19,20,21). The monoisotopic (exact) mass is 454 g/mol. The van der Waals surface area contributed by atoms with Gasteiger partial charge in [0.25, 0.3) is 0 Å². The summed E-state index contributed by atoms with van der Waals surface area (Å²) in [6, 6.07) is 12.4. The topological polar surface area (TPSA) is 85.4 Å². The lowest BCUT2D eigenvalue weighted by Gasteiger charge is -2.05. The number of fused-ring (bicyclic) bond motifs is 1. The molecule has 1 amide bonds. The van der Waals surface area contributed by atoms with E-state index in [1.54, 1.807) is 37.4 Å². The first-order valence-electron chi connectivity index (χ1n) is 7.54. The molecule has 3 aromatic rings. The highest BCUT2D eigenvalue weighted by Crippen LogP contribution is 2.29. The zero-order chi connectivity index (χ0) is 18.7. The van der Waals surface area contributed by atoms with Gasteiger partial charge in [0.2, 0.25) is 5.91 Å². The second-order valence-corrected chi connectivity index (χ2v) is 9.57. The van der Waals surface area contributed by atoms with Gasteiger partial charge in [0.1, 0.15) is 11.5 Å². The number of benzene rings is 2. The molecule has 9 heteroatoms. The number of carbonyl (C=O) groups is 1. The first kappa shape index (κ1) is 18.8. The normalized spacial score (nSPS) is 11.5. The Bertz CT molecular complexity index is 1060. The highest BCUT2D eigenvalue weighted by molar-refractivity contribution is 9.10. The van der Waals surface area contributed by atoms with Crippen LogP contribution < -0.4 is 10.1 Å². The maximum Gasteiger partial charge on any atom is 0.241 e. The Labute approximate surface area is 163 Å². The number of nitrogens with zero attached hydrogens (tertiary/aromatic N) is 1. The number of thiazole rings is 1. The van der Waals surface area contributed by atoms with E-state index >= 15 is 0 Å². The molecule has 0 aliphatic heterocycles. The number of nitrogens with one attached hydrogen (secondary N) is 1. The second kappa shape index (κ2) is 7.73. The van der Waals surface area contributed by atoms with Crippen molar-refractivity contribution in [1.29, 1.82) is 0 Å². The van der Waals surface area contributed by atoms with E-state index in [-0.39, 0.29) is 5.75 Å². The molecule has 1 heterocycles. The van der Waals surface area contributed by atoms with E-state index in [1.807, 2.05) is 12.1 Å². The van der Waals surface area contributed by atoms with Gasteiger partial charge in [0.15, 0.2) is 15.0 Å². The summed E-state index contributed by atoms with van der Waals surface area (Å²) in [6.45, 7) is 0. The second-order valence-electron chi connectivity index (χ2n) is 5.56. The van der Waals surface area contributed by atoms with Crippen molar-refractivity contribution in [2.75, 3.05) is 18.2 Å². The van der Waals surface area contributed by atoms with Crippen LogP contribution in [-0.4, -0.2) is 32.2 Å². The van der Waals surface area contributed by atoms with Crippen molar-refractivity contribution in [3.8, 4) is 5.75 Å². The molecule has 3 rings (SSSR count). The van der Waals surface area contributed by atoms with E-state index in [9.17, 15) is 13.2 Å². The lowest BCUT2D eigenvalue weighted by atomic mass is 10.2. The lowest BCUT2D eigenvalue weighted by molar-refractivity contribution is -0.113. The van der Waals surface area contributed by atoms with E-state index < -0.39 is 21.5 Å². The fourth-order valence-electron chi connectivity index (χ4n) is 2.37. The Balaban J connectivity index is 1.68. The van der Waals surface area contributed by atoms with E-state index in [2.05, 4.69) is 26.2 Å². The van der Waals surface area contributed by atoms with Crippen LogP contribution in [0.2, 0.25) is 0 Å². The Kier molecular flexibility index (Phi) is 5.59. The van der Waals surface area contributed by atoms with Gasteiger partial charge in [-0.1, -0.05) is 39.4 Å². The van der Waals surface area contributed by atoms with Gasteiger partial charge in [-0.2, -0.15) is 0 Å². The summed E-state index contributed by atoms with van der Waals surface area (Å²) in [4.78, 5) is 16.4. The van der Waals surface area contributed by atoms with Gasteiger partial charge in [0.05, 0.1) is 23.1 Å². The number of methoxy groups -OCH3 is 1. The van der Waals surface area contributed by atoms with Crippen LogP contribution >= 0.6 is 27.3 Å². The summed E-state index contributed by atoms with van der Waals surface area (Å²) in [7, 11) is -2.02. The number of rotatable bonds is 6. The molecule has 0 saturated carbocycles. The van der Waals surface area contributed by atoms with Gasteiger partial charge < -0.3 is 10.1 Å². The summed E-state index contributed by atoms with van der Waals surface area (Å²) in [5, 5.41) is 2.92. The molecule has 0 aliphatic carbocycles. The molecule has 1 N–H and O–H groups in total. The van der Waals surface area contributed by atoms with Crippen molar-refractivity contribution in [3.05, 3.63) is 52.5 Å². The number of halogens is 1. The summed E-state index contributed by atoms with van der Waals surface area (Å²) < 4.78 is 31.3. The van der Waals surface area contributed by atoms with Gasteiger partial charge in [-0.3, -0.25) is 4.79 Å². The van der Waals surface area contributed by atoms with Crippen LogP contribution in [-0.2, 0) is 20.4 Å². The fraction of sp³-hybridized carbons (Fsp3) is 0.176. The maximum absolute atomic E-state index is 12.3. The molecule has 0 bridgehead atoms. The predicted octanol–water partition coefficient (Wildman–Crippen LogP) is 3.62. The fourth-order valence-corrected chi connectivity index (χ4v) is 4.99. The molecule has 0 radical (unpaired) electrons. The quantitative estimate of drug-likeness (QED) is 0.614. The molecule has 26 heavy (non-hydrogen) atoms. The molecular formula is C17H15BrN2O4S2. The van der Waals surface area contributed by atoms with Crippen molar-refractivity contribution in [2.24, 2.45) is 0 Å². The zero-order valence-electron chi connectivity index (χ0n) is 13.7. The third-order valence-corrected chi connectivity index (χ3v) is 6.37. The molecule has 0 atom stereocenters. The van der Waals surface area contributed by atoms with Crippen LogP contribution in [0.5, 0.6) is 5.75 Å². The van der Waals surface area contributed by atoms with Crippen molar-refractivity contribution in [1.82, 2.24) is 4.98 Å². The molecule has 136 valence electrons. The Hall–Kier alpha value is -1.97. The average Bonchev–Trinajstić information content (AvgIpc) is 2.94. The highest BCUT2D eigenvalue weighted by atomic mass is 79.9. The average molecular weight is 455 g/mol. The van der Waals surface area contributed by atoms with Gasteiger partial charge in [0, 0.05) is 4.47 Å². The highest BCUT2D eigenvalue weighted by Gasteiger charge is 2.19. The summed E-state index contributed by atoms with van der Waals surface area (Å²) >= 11 is 4.56. The first-order chi connectivity index (χ1) is 12.3. The molecule has 2 aromatic carbocycles. The van der Waals surface area contributed by atoms with Crippen molar-refractivity contribution in [3.63, 3.8) is 0 Å². The smallest absolute Gasteiger partial charge is 0.241 e. The Morgan fingerprint density at radius 3 is 2.81 bits per heavy atom. The van der Waals surface area contributed by atoms with E-state index in [4.69, 9.17) is 4.74 Å². The van der Waals surface area contributed by atoms with Gasteiger partial charge >= 0.3 is 0 Å². The molecule has 0 aliphatic rings. The molecular weight excluding hydrogens is 440 g/mol. The van der Waals surface area contributed by atoms with Crippen LogP contribution in [0.15, 0.2) is 46.9 Å². The number of hydrogen-bond acceptors (Lipinski definition) is 6. The largest absolute Gasteiger partial charge is 0.497 e. The Morgan fingerprint density at radius 1 is 1.27 bits per heavy atom. The summed E-state index contributed by atoms with van der Waals surface area (Å²) in [5.74, 6) is -0.711. The number of anilines is 1. The van der Waals surface area contributed by atoms with Crippen LogP contribution in [0, 0.1) is 0 Å². The number of hydrogen-bond donors (Lipinski definition) is 1. The number of amides is 1. The maximum atomic E-state index is 12.3. The predicted molar refractivity (Wildman–Crippen MR) is 106 cm³/mol. The lowest BCUT2D eigenvalue weighted by Crippen LogP contribution is -2.23. The third kappa shape index (κ3) is 4.80. The van der Waals surface area contributed by atoms with Gasteiger partial charge in [-0.25, -0.2) is 13.4 Å². The first-order valence-corrected chi connectivity index (χ1v) is 11.0. The minimum absolute atomic E-state index is 0.198. The number of aromatic nitrogens is 1. The number of carbonyl (C=O) groups excluding carboxylic acids is 1. The van der Waals surface area contributed by atoms with E-state index in [0.29, 0.717) is 22.0 Å². The van der Waals surface area contributed by atoms with Crippen LogP contribution in [0.25, 0.3) is 10.2 Å². The van der Waals surface area contributed by atoms with Gasteiger partial charge in [-0.05, 0) is 35.9 Å². The molecule has 0 saturated heterocycles. The molecule has 0 unspecified atom stereocenters. The van der Waals surface area contributed by atoms with Gasteiger partial charge in [-0.15, -0.1) is 0 Å². The molecule has 0 spiro atoms. The molecule has 6 nitrogen and oxygen atoms in total. The van der Waals surface area contributed by atoms with Crippen LogP contribution in [0.1, 0.15) is 5.56 Å². The van der Waals surface area contributed by atoms with Crippen LogP contribution in [0.3, 0.4) is 0 Å². The van der Waals surface area contributed by atoms with Crippen molar-refractivity contribution >= 4 is 58.4 Å². The summed E-state index contributed by atoms with van der Waals surface area (Å²) in [5.41, 5.74) is 1.34. The van der Waals surface area contributed by atoms with Crippen LogP contribution in [0.4, 0.5) is 5.13 Å². The van der Waals surface area contributed by atoms with Crippen molar-refractivity contribution in [2.45, 2.75) is 5.75 Å². The molecule has 0 fully saturated rings. The minimum atomic E-state index is -3.59. The van der Waals surface area contributed by atoms with Crippen molar-refractivity contribution < 1.29 is 17.9 Å². The third-order valence-electron chi connectivity index (χ3n) is 3.47.